The van der Waals surface area contributed by atoms with Crippen LogP contribution < -0.4 is 10.0 Å². The summed E-state index contributed by atoms with van der Waals surface area (Å²) in [5.41, 5.74) is 1.24. The second kappa shape index (κ2) is 6.43. The summed E-state index contributed by atoms with van der Waals surface area (Å²) in [6.07, 6.45) is 2.08. The first kappa shape index (κ1) is 16.2. The molecule has 1 aromatic heterocycles. The summed E-state index contributed by atoms with van der Waals surface area (Å²) < 4.78 is 26.4. The van der Waals surface area contributed by atoms with Crippen molar-refractivity contribution < 1.29 is 13.2 Å². The highest BCUT2D eigenvalue weighted by atomic mass is 32.2. The molecular weight excluding hydrogens is 332 g/mol. The van der Waals surface area contributed by atoms with Gasteiger partial charge in [0, 0.05) is 12.0 Å². The van der Waals surface area contributed by atoms with Crippen molar-refractivity contribution in [3.05, 3.63) is 53.4 Å². The topological polar surface area (TPSA) is 75.3 Å². The Morgan fingerprint density at radius 2 is 1.87 bits per heavy atom. The number of thiophene rings is 1. The maximum Gasteiger partial charge on any atom is 0.250 e. The second-order valence-electron chi connectivity index (χ2n) is 5.68. The largest absolute Gasteiger partial charge is 0.354 e. The number of hydrogen-bond acceptors (Lipinski definition) is 4. The van der Waals surface area contributed by atoms with Crippen LogP contribution in [0, 0.1) is 0 Å². The lowest BCUT2D eigenvalue weighted by molar-refractivity contribution is -0.120. The van der Waals surface area contributed by atoms with E-state index < -0.39 is 10.0 Å². The number of carbonyl (C=O) groups is 1. The van der Waals surface area contributed by atoms with Crippen LogP contribution in [0.1, 0.15) is 18.4 Å². The molecule has 0 saturated heterocycles. The van der Waals surface area contributed by atoms with Crippen molar-refractivity contribution in [3.63, 3.8) is 0 Å². The Morgan fingerprint density at radius 1 is 1.13 bits per heavy atom. The number of sulfonamides is 1. The van der Waals surface area contributed by atoms with E-state index in [1.54, 1.807) is 11.4 Å². The molecule has 0 aliphatic heterocycles. The number of hydrogen-bond donors (Lipinski definition) is 2. The van der Waals surface area contributed by atoms with Gasteiger partial charge >= 0.3 is 0 Å². The second-order valence-corrected chi connectivity index (χ2v) is 8.62. The van der Waals surface area contributed by atoms with Crippen molar-refractivity contribution in [2.45, 2.75) is 22.5 Å². The SMILES string of the molecule is O=C(CNS(=O)(=O)c1cccs1)NCC1(c2ccccc2)CC1. The van der Waals surface area contributed by atoms with Gasteiger partial charge in [-0.25, -0.2) is 13.1 Å². The number of nitrogens with one attached hydrogen (secondary N) is 2. The third-order valence-electron chi connectivity index (χ3n) is 4.05. The van der Waals surface area contributed by atoms with E-state index in [2.05, 4.69) is 22.2 Å². The van der Waals surface area contributed by atoms with Crippen molar-refractivity contribution in [3.8, 4) is 0 Å². The minimum atomic E-state index is -3.59. The van der Waals surface area contributed by atoms with Crippen molar-refractivity contribution >= 4 is 27.3 Å². The fraction of sp³-hybridized carbons (Fsp3) is 0.312. The van der Waals surface area contributed by atoms with Gasteiger partial charge in [0.25, 0.3) is 10.0 Å². The van der Waals surface area contributed by atoms with Gasteiger partial charge in [-0.05, 0) is 29.9 Å². The third-order valence-corrected chi connectivity index (χ3v) is 6.85. The Morgan fingerprint density at radius 3 is 2.48 bits per heavy atom. The maximum absolute atomic E-state index is 12.0. The first-order valence-corrected chi connectivity index (χ1v) is 9.74. The maximum atomic E-state index is 12.0. The summed E-state index contributed by atoms with van der Waals surface area (Å²) in [4.78, 5) is 11.9. The minimum absolute atomic E-state index is 0.0174. The minimum Gasteiger partial charge on any atom is -0.354 e. The zero-order valence-electron chi connectivity index (χ0n) is 12.5. The first-order chi connectivity index (χ1) is 11.0. The highest BCUT2D eigenvalue weighted by Crippen LogP contribution is 2.47. The molecule has 0 spiro atoms. The van der Waals surface area contributed by atoms with Gasteiger partial charge in [-0.1, -0.05) is 36.4 Å². The lowest BCUT2D eigenvalue weighted by atomic mass is 9.96. The smallest absolute Gasteiger partial charge is 0.250 e. The van der Waals surface area contributed by atoms with Gasteiger partial charge in [0.15, 0.2) is 0 Å². The molecule has 0 radical (unpaired) electrons. The molecule has 1 amide bonds. The first-order valence-electron chi connectivity index (χ1n) is 7.37. The molecule has 7 heteroatoms. The van der Waals surface area contributed by atoms with Crippen molar-refractivity contribution in [1.82, 2.24) is 10.0 Å². The fourth-order valence-electron chi connectivity index (χ4n) is 2.49. The quantitative estimate of drug-likeness (QED) is 0.800. The standard InChI is InChI=1S/C16H18N2O3S2/c19-14(11-18-23(20,21)15-7-4-10-22-15)17-12-16(8-9-16)13-5-2-1-3-6-13/h1-7,10,18H,8-9,11-12H2,(H,17,19). The van der Waals surface area contributed by atoms with Gasteiger partial charge in [-0.15, -0.1) is 11.3 Å². The Hall–Kier alpha value is -1.70. The molecule has 0 bridgehead atoms. The van der Waals surface area contributed by atoms with Crippen LogP contribution in [0.25, 0.3) is 0 Å². The van der Waals surface area contributed by atoms with E-state index in [1.807, 2.05) is 18.2 Å². The lowest BCUT2D eigenvalue weighted by Crippen LogP contribution is -2.39. The molecule has 2 N–H and O–H groups in total. The molecule has 1 heterocycles. The summed E-state index contributed by atoms with van der Waals surface area (Å²) in [5, 5.41) is 4.53. The van der Waals surface area contributed by atoms with E-state index in [1.165, 1.54) is 11.6 Å². The zero-order chi connectivity index (χ0) is 16.3. The predicted molar refractivity (Wildman–Crippen MR) is 89.9 cm³/mol. The zero-order valence-corrected chi connectivity index (χ0v) is 14.1. The molecule has 2 aromatic rings. The molecule has 5 nitrogen and oxygen atoms in total. The van der Waals surface area contributed by atoms with Gasteiger partial charge < -0.3 is 5.32 Å². The molecular formula is C16H18N2O3S2. The average Bonchev–Trinajstić information content (AvgIpc) is 3.14. The van der Waals surface area contributed by atoms with Crippen LogP contribution in [-0.4, -0.2) is 27.4 Å². The molecule has 3 rings (SSSR count). The number of rotatable bonds is 7. The van der Waals surface area contributed by atoms with Gasteiger partial charge in [-0.3, -0.25) is 4.79 Å². The van der Waals surface area contributed by atoms with Crippen molar-refractivity contribution in [2.75, 3.05) is 13.1 Å². The number of benzene rings is 1. The van der Waals surface area contributed by atoms with Gasteiger partial charge in [0.1, 0.15) is 4.21 Å². The van der Waals surface area contributed by atoms with Gasteiger partial charge in [-0.2, -0.15) is 0 Å². The molecule has 23 heavy (non-hydrogen) atoms. The normalized spacial score (nSPS) is 16.0. The number of carbonyl (C=O) groups excluding carboxylic acids is 1. The summed E-state index contributed by atoms with van der Waals surface area (Å²) in [6, 6.07) is 13.3. The molecule has 1 fully saturated rings. The number of amides is 1. The van der Waals surface area contributed by atoms with E-state index in [-0.39, 0.29) is 22.1 Å². The molecule has 122 valence electrons. The van der Waals surface area contributed by atoms with Crippen LogP contribution >= 0.6 is 11.3 Å². The summed E-state index contributed by atoms with van der Waals surface area (Å²) in [6.45, 7) is 0.293. The summed E-state index contributed by atoms with van der Waals surface area (Å²) >= 11 is 1.12. The van der Waals surface area contributed by atoms with Crippen LogP contribution in [0.2, 0.25) is 0 Å². The van der Waals surface area contributed by atoms with E-state index in [9.17, 15) is 13.2 Å². The Labute approximate surface area is 139 Å². The van der Waals surface area contributed by atoms with E-state index in [4.69, 9.17) is 0 Å². The van der Waals surface area contributed by atoms with Crippen LogP contribution in [0.3, 0.4) is 0 Å². The van der Waals surface area contributed by atoms with E-state index >= 15 is 0 Å². The molecule has 1 aliphatic rings. The highest BCUT2D eigenvalue weighted by Gasteiger charge is 2.44. The van der Waals surface area contributed by atoms with Crippen LogP contribution in [0.15, 0.2) is 52.1 Å². The van der Waals surface area contributed by atoms with Crippen LogP contribution in [0.5, 0.6) is 0 Å². The molecule has 0 atom stereocenters. The monoisotopic (exact) mass is 350 g/mol. The van der Waals surface area contributed by atoms with Crippen molar-refractivity contribution in [2.24, 2.45) is 0 Å². The van der Waals surface area contributed by atoms with E-state index in [0.717, 1.165) is 24.2 Å². The summed E-state index contributed by atoms with van der Waals surface area (Å²) in [5.74, 6) is -0.313. The molecule has 1 aromatic carbocycles. The Balaban J connectivity index is 1.51. The van der Waals surface area contributed by atoms with Crippen molar-refractivity contribution in [1.29, 1.82) is 0 Å². The molecule has 0 unspecified atom stereocenters. The lowest BCUT2D eigenvalue weighted by Gasteiger charge is -2.16. The van der Waals surface area contributed by atoms with Crippen LogP contribution in [-0.2, 0) is 20.2 Å². The average molecular weight is 350 g/mol. The van der Waals surface area contributed by atoms with Gasteiger partial charge in [0.05, 0.1) is 6.54 Å². The molecule has 1 saturated carbocycles. The Kier molecular flexibility index (Phi) is 4.52. The van der Waals surface area contributed by atoms with Gasteiger partial charge in [0.2, 0.25) is 5.91 Å². The highest BCUT2D eigenvalue weighted by molar-refractivity contribution is 7.91. The van der Waals surface area contributed by atoms with Crippen LogP contribution in [0.4, 0.5) is 0 Å². The van der Waals surface area contributed by atoms with E-state index in [0.29, 0.717) is 6.54 Å². The summed E-state index contributed by atoms with van der Waals surface area (Å²) in [7, 11) is -3.59. The fourth-order valence-corrected chi connectivity index (χ4v) is 4.51. The molecule has 1 aliphatic carbocycles. The predicted octanol–water partition coefficient (Wildman–Crippen LogP) is 1.87. The third kappa shape index (κ3) is 3.80. The Bertz CT molecular complexity index is 767.